The maximum atomic E-state index is 10.9. The number of hydrogen-bond acceptors (Lipinski definition) is 3. The van der Waals surface area contributed by atoms with Crippen molar-refractivity contribution in [1.29, 1.82) is 0 Å². The van der Waals surface area contributed by atoms with Gasteiger partial charge in [0.1, 0.15) is 5.69 Å². The molecular weight excluding hydrogens is 258 g/mol. The van der Waals surface area contributed by atoms with Crippen molar-refractivity contribution >= 4 is 23.5 Å². The lowest BCUT2D eigenvalue weighted by molar-refractivity contribution is 0.0696. The first-order valence-electron chi connectivity index (χ1n) is 4.87. The van der Waals surface area contributed by atoms with Crippen LogP contribution in [0.2, 0.25) is 5.02 Å². The predicted molar refractivity (Wildman–Crippen MR) is 64.1 cm³/mol. The number of hydrogen-bond donors (Lipinski definition) is 2. The Labute approximate surface area is 107 Å². The number of nitrogens with zero attached hydrogens (tertiary/aromatic N) is 2. The molecule has 1 aromatic carbocycles. The molecule has 0 bridgehead atoms. The number of carbonyl (C=O) groups excluding carboxylic acids is 1. The molecule has 6 nitrogen and oxygen atoms in total. The average molecular weight is 266 g/mol. The Bertz CT molecular complexity index is 636. The standard InChI is InChI=1S/C11H8ClN3O3/c12-7-5-6(11(17)18)1-2-9(7)15-4-3-8(14-15)10(13)16/h1-5H,(H2,13,16)(H,17,18). The van der Waals surface area contributed by atoms with Gasteiger partial charge in [0.15, 0.2) is 0 Å². The van der Waals surface area contributed by atoms with E-state index in [1.807, 2.05) is 0 Å². The highest BCUT2D eigenvalue weighted by Gasteiger charge is 2.11. The number of amides is 1. The summed E-state index contributed by atoms with van der Waals surface area (Å²) in [5.74, 6) is -1.71. The topological polar surface area (TPSA) is 98.2 Å². The van der Waals surface area contributed by atoms with E-state index in [-0.39, 0.29) is 16.3 Å². The van der Waals surface area contributed by atoms with Gasteiger partial charge in [0.2, 0.25) is 0 Å². The lowest BCUT2D eigenvalue weighted by Gasteiger charge is -2.05. The van der Waals surface area contributed by atoms with Gasteiger partial charge in [-0.1, -0.05) is 11.6 Å². The lowest BCUT2D eigenvalue weighted by Crippen LogP contribution is -2.12. The van der Waals surface area contributed by atoms with Crippen LogP contribution in [0.5, 0.6) is 0 Å². The van der Waals surface area contributed by atoms with E-state index in [9.17, 15) is 9.59 Å². The summed E-state index contributed by atoms with van der Waals surface area (Å²) in [5, 5.41) is 12.9. The minimum absolute atomic E-state index is 0.0750. The Kier molecular flexibility index (Phi) is 3.03. The molecule has 1 heterocycles. The van der Waals surface area contributed by atoms with Gasteiger partial charge in [-0.3, -0.25) is 4.79 Å². The minimum atomic E-state index is -1.07. The van der Waals surface area contributed by atoms with Crippen LogP contribution in [0, 0.1) is 0 Å². The SMILES string of the molecule is NC(=O)c1ccn(-c2ccc(C(=O)O)cc2Cl)n1. The third-order valence-corrected chi connectivity index (χ3v) is 2.59. The third-order valence-electron chi connectivity index (χ3n) is 2.28. The van der Waals surface area contributed by atoms with Gasteiger partial charge in [0, 0.05) is 6.20 Å². The van der Waals surface area contributed by atoms with E-state index < -0.39 is 11.9 Å². The molecule has 1 aromatic heterocycles. The number of primary amides is 1. The van der Waals surface area contributed by atoms with Crippen molar-refractivity contribution in [3.8, 4) is 5.69 Å². The third kappa shape index (κ3) is 2.18. The fourth-order valence-corrected chi connectivity index (χ4v) is 1.68. The number of carboxylic acids is 1. The highest BCUT2D eigenvalue weighted by Crippen LogP contribution is 2.21. The van der Waals surface area contributed by atoms with Crippen LogP contribution in [0.3, 0.4) is 0 Å². The molecule has 3 N–H and O–H groups in total. The molecule has 0 unspecified atom stereocenters. The highest BCUT2D eigenvalue weighted by atomic mass is 35.5. The first-order chi connectivity index (χ1) is 8.49. The summed E-state index contributed by atoms with van der Waals surface area (Å²) in [4.78, 5) is 21.7. The summed E-state index contributed by atoms with van der Waals surface area (Å²) in [6, 6.07) is 5.66. The molecule has 0 fully saturated rings. The van der Waals surface area contributed by atoms with Crippen molar-refractivity contribution in [2.75, 3.05) is 0 Å². The summed E-state index contributed by atoms with van der Waals surface area (Å²) < 4.78 is 1.36. The van der Waals surface area contributed by atoms with Crippen LogP contribution in [0.1, 0.15) is 20.8 Å². The van der Waals surface area contributed by atoms with Crippen molar-refractivity contribution in [2.45, 2.75) is 0 Å². The quantitative estimate of drug-likeness (QED) is 0.874. The van der Waals surface area contributed by atoms with Gasteiger partial charge in [-0.2, -0.15) is 5.10 Å². The number of benzene rings is 1. The fraction of sp³-hybridized carbons (Fsp3) is 0. The summed E-state index contributed by atoms with van der Waals surface area (Å²) in [6.07, 6.45) is 1.52. The zero-order valence-electron chi connectivity index (χ0n) is 9.00. The highest BCUT2D eigenvalue weighted by molar-refractivity contribution is 6.32. The molecule has 0 aliphatic carbocycles. The molecule has 0 aliphatic heterocycles. The van der Waals surface area contributed by atoms with Crippen molar-refractivity contribution < 1.29 is 14.7 Å². The predicted octanol–water partition coefficient (Wildman–Crippen LogP) is 1.32. The molecule has 2 aromatic rings. The molecule has 18 heavy (non-hydrogen) atoms. The zero-order chi connectivity index (χ0) is 13.3. The van der Waals surface area contributed by atoms with Crippen LogP contribution >= 0.6 is 11.6 Å². The summed E-state index contributed by atoms with van der Waals surface area (Å²) in [5.41, 5.74) is 5.73. The second-order valence-corrected chi connectivity index (χ2v) is 3.89. The Morgan fingerprint density at radius 2 is 2.06 bits per heavy atom. The Balaban J connectivity index is 2.44. The van der Waals surface area contributed by atoms with E-state index in [1.54, 1.807) is 0 Å². The van der Waals surface area contributed by atoms with Gasteiger partial charge >= 0.3 is 5.97 Å². The Morgan fingerprint density at radius 3 is 2.56 bits per heavy atom. The van der Waals surface area contributed by atoms with E-state index in [4.69, 9.17) is 22.4 Å². The number of carboxylic acid groups (broad SMARTS) is 1. The van der Waals surface area contributed by atoms with Crippen LogP contribution in [0.15, 0.2) is 30.5 Å². The summed E-state index contributed by atoms with van der Waals surface area (Å²) in [7, 11) is 0. The first kappa shape index (κ1) is 12.1. The van der Waals surface area contributed by atoms with Crippen LogP contribution < -0.4 is 5.73 Å². The second-order valence-electron chi connectivity index (χ2n) is 3.48. The molecule has 0 spiro atoms. The van der Waals surface area contributed by atoms with E-state index in [0.717, 1.165) is 0 Å². The monoisotopic (exact) mass is 265 g/mol. The van der Waals surface area contributed by atoms with Crippen molar-refractivity contribution in [2.24, 2.45) is 5.73 Å². The van der Waals surface area contributed by atoms with Crippen molar-refractivity contribution in [3.63, 3.8) is 0 Å². The molecule has 0 atom stereocenters. The number of halogens is 1. The number of aromatic nitrogens is 2. The van der Waals surface area contributed by atoms with Crippen LogP contribution in [-0.4, -0.2) is 26.8 Å². The minimum Gasteiger partial charge on any atom is -0.478 e. The van der Waals surface area contributed by atoms with Gasteiger partial charge in [-0.15, -0.1) is 0 Å². The molecule has 1 amide bonds. The molecule has 0 aliphatic rings. The van der Waals surface area contributed by atoms with Crippen molar-refractivity contribution in [1.82, 2.24) is 9.78 Å². The van der Waals surface area contributed by atoms with Crippen LogP contribution in [0.25, 0.3) is 5.69 Å². The van der Waals surface area contributed by atoms with Crippen molar-refractivity contribution in [3.05, 3.63) is 46.7 Å². The van der Waals surface area contributed by atoms with Gasteiger partial charge in [0.05, 0.1) is 16.3 Å². The molecule has 2 rings (SSSR count). The largest absolute Gasteiger partial charge is 0.478 e. The van der Waals surface area contributed by atoms with Gasteiger partial charge in [0.25, 0.3) is 5.91 Å². The smallest absolute Gasteiger partial charge is 0.335 e. The van der Waals surface area contributed by atoms with Crippen LogP contribution in [-0.2, 0) is 0 Å². The maximum Gasteiger partial charge on any atom is 0.335 e. The molecule has 0 saturated heterocycles. The number of rotatable bonds is 3. The molecule has 7 heteroatoms. The first-order valence-corrected chi connectivity index (χ1v) is 5.25. The van der Waals surface area contributed by atoms with Gasteiger partial charge in [-0.25, -0.2) is 9.48 Å². The lowest BCUT2D eigenvalue weighted by atomic mass is 10.2. The van der Waals surface area contributed by atoms with Gasteiger partial charge in [-0.05, 0) is 24.3 Å². The molecule has 0 radical (unpaired) electrons. The Hall–Kier alpha value is -2.34. The number of nitrogens with two attached hydrogens (primary N) is 1. The van der Waals surface area contributed by atoms with Crippen LogP contribution in [0.4, 0.5) is 0 Å². The summed E-state index contributed by atoms with van der Waals surface area (Å²) in [6.45, 7) is 0. The van der Waals surface area contributed by atoms with Gasteiger partial charge < -0.3 is 10.8 Å². The maximum absolute atomic E-state index is 10.9. The van der Waals surface area contributed by atoms with E-state index >= 15 is 0 Å². The number of carbonyl (C=O) groups is 2. The van der Waals surface area contributed by atoms with E-state index in [0.29, 0.717) is 5.69 Å². The van der Waals surface area contributed by atoms with E-state index in [2.05, 4.69) is 5.10 Å². The Morgan fingerprint density at radius 1 is 1.33 bits per heavy atom. The van der Waals surface area contributed by atoms with E-state index in [1.165, 1.54) is 35.1 Å². The molecule has 0 saturated carbocycles. The second kappa shape index (κ2) is 4.50. The summed E-state index contributed by atoms with van der Waals surface area (Å²) >= 11 is 5.96. The molecular formula is C11H8ClN3O3. The molecule has 92 valence electrons. The average Bonchev–Trinajstić information content (AvgIpc) is 2.78. The number of aromatic carboxylic acids is 1. The fourth-order valence-electron chi connectivity index (χ4n) is 1.42. The normalized spacial score (nSPS) is 10.3. The zero-order valence-corrected chi connectivity index (χ0v) is 9.76.